The van der Waals surface area contributed by atoms with Gasteiger partial charge in [0.25, 0.3) is 5.91 Å². The molecule has 0 aliphatic heterocycles. The van der Waals surface area contributed by atoms with Crippen LogP contribution < -0.4 is 10.6 Å². The highest BCUT2D eigenvalue weighted by atomic mass is 32.1. The molecule has 0 spiro atoms. The number of rotatable bonds is 6. The number of aryl methyl sites for hydroxylation is 2. The topological polar surface area (TPSA) is 67.2 Å². The van der Waals surface area contributed by atoms with Crippen LogP contribution in [0.15, 0.2) is 65.3 Å². The van der Waals surface area contributed by atoms with Crippen LogP contribution in [0.2, 0.25) is 0 Å². The molecule has 0 unspecified atom stereocenters. The monoisotopic (exact) mass is 461 g/mol. The number of nitrogens with zero attached hydrogens (tertiary/aromatic N) is 1. The van der Waals surface area contributed by atoms with Crippen molar-refractivity contribution in [3.8, 4) is 0 Å². The summed E-state index contributed by atoms with van der Waals surface area (Å²) in [4.78, 5) is 18.7. The molecule has 1 aromatic carbocycles. The number of furan rings is 1. The maximum atomic E-state index is 15.1. The smallest absolute Gasteiger partial charge is 0.291 e. The van der Waals surface area contributed by atoms with Crippen molar-refractivity contribution < 1.29 is 13.6 Å². The summed E-state index contributed by atoms with van der Waals surface area (Å²) in [5.41, 5.74) is 3.48. The summed E-state index contributed by atoms with van der Waals surface area (Å²) in [5, 5.41) is 7.22. The molecule has 5 rings (SSSR count). The van der Waals surface area contributed by atoms with Gasteiger partial charge in [0.05, 0.1) is 12.3 Å². The maximum Gasteiger partial charge on any atom is 0.291 e. The second-order valence-corrected chi connectivity index (χ2v) is 9.25. The summed E-state index contributed by atoms with van der Waals surface area (Å²) in [6, 6.07) is 15.3. The number of fused-ring (bicyclic) bond motifs is 1. The molecule has 168 valence electrons. The molecule has 3 aromatic heterocycles. The number of halogens is 1. The third-order valence-electron chi connectivity index (χ3n) is 5.87. The average Bonchev–Trinajstić information content (AvgIpc) is 3.46. The van der Waals surface area contributed by atoms with E-state index in [0.29, 0.717) is 11.4 Å². The van der Waals surface area contributed by atoms with Crippen molar-refractivity contribution in [1.29, 1.82) is 0 Å². The second kappa shape index (κ2) is 9.19. The zero-order valence-electron chi connectivity index (χ0n) is 18.2. The number of anilines is 2. The summed E-state index contributed by atoms with van der Waals surface area (Å²) in [7, 11) is 0. The molecule has 3 heterocycles. The molecule has 0 fully saturated rings. The molecule has 1 aliphatic rings. The van der Waals surface area contributed by atoms with E-state index >= 15 is 4.39 Å². The molecule has 2 N–H and O–H groups in total. The van der Waals surface area contributed by atoms with Gasteiger partial charge in [-0.3, -0.25) is 4.79 Å². The Balaban J connectivity index is 1.63. The Morgan fingerprint density at radius 1 is 1.09 bits per heavy atom. The molecule has 0 radical (unpaired) electrons. The number of carbonyl (C=O) groups excluding carboxylic acids is 1. The molecule has 0 saturated carbocycles. The number of pyridine rings is 1. The van der Waals surface area contributed by atoms with E-state index in [9.17, 15) is 4.79 Å². The molecule has 0 saturated heterocycles. The van der Waals surface area contributed by atoms with Crippen molar-refractivity contribution in [3.63, 3.8) is 0 Å². The van der Waals surface area contributed by atoms with Crippen molar-refractivity contribution in [3.05, 3.63) is 99.7 Å². The van der Waals surface area contributed by atoms with Gasteiger partial charge in [0.2, 0.25) is 0 Å². The molecule has 1 atom stereocenters. The Kier molecular flexibility index (Phi) is 5.96. The van der Waals surface area contributed by atoms with Crippen LogP contribution in [0.1, 0.15) is 56.7 Å². The van der Waals surface area contributed by atoms with Crippen LogP contribution in [0.4, 0.5) is 15.2 Å². The Bertz CT molecular complexity index is 1280. The van der Waals surface area contributed by atoms with Gasteiger partial charge in [-0.1, -0.05) is 24.3 Å². The van der Waals surface area contributed by atoms with Gasteiger partial charge in [-0.2, -0.15) is 0 Å². The molecule has 7 heteroatoms. The Hall–Kier alpha value is -3.45. The Morgan fingerprint density at radius 3 is 2.73 bits per heavy atom. The van der Waals surface area contributed by atoms with Crippen LogP contribution in [0.25, 0.3) is 0 Å². The van der Waals surface area contributed by atoms with Crippen LogP contribution in [-0.4, -0.2) is 10.9 Å². The SMILES string of the molecule is Cc1cccc(N[C@@H](c2ccccc2F)c2c(NC(=O)c3ccco3)sc3c2CCCC3)n1. The van der Waals surface area contributed by atoms with Gasteiger partial charge >= 0.3 is 0 Å². The Morgan fingerprint density at radius 2 is 1.94 bits per heavy atom. The van der Waals surface area contributed by atoms with E-state index < -0.39 is 6.04 Å². The van der Waals surface area contributed by atoms with Gasteiger partial charge in [0.1, 0.15) is 16.6 Å². The molecule has 1 amide bonds. The molecular formula is C26H24FN3O2S. The predicted molar refractivity (Wildman–Crippen MR) is 128 cm³/mol. The van der Waals surface area contributed by atoms with Crippen molar-refractivity contribution in [2.45, 2.75) is 38.6 Å². The first-order valence-corrected chi connectivity index (χ1v) is 11.9. The lowest BCUT2D eigenvalue weighted by Crippen LogP contribution is -2.19. The van der Waals surface area contributed by atoms with E-state index in [1.54, 1.807) is 35.6 Å². The quantitative estimate of drug-likeness (QED) is 0.343. The van der Waals surface area contributed by atoms with Gasteiger partial charge < -0.3 is 15.1 Å². The number of hydrogen-bond acceptors (Lipinski definition) is 5. The molecule has 1 aliphatic carbocycles. The Labute approximate surface area is 195 Å². The van der Waals surface area contributed by atoms with Crippen molar-refractivity contribution >= 4 is 28.1 Å². The summed E-state index contributed by atoms with van der Waals surface area (Å²) < 4.78 is 20.4. The fourth-order valence-electron chi connectivity index (χ4n) is 4.35. The number of amides is 1. The van der Waals surface area contributed by atoms with E-state index in [2.05, 4.69) is 15.6 Å². The minimum absolute atomic E-state index is 0.239. The number of thiophene rings is 1. The van der Waals surface area contributed by atoms with Crippen LogP contribution in [0.3, 0.4) is 0 Å². The first kappa shape index (κ1) is 21.4. The van der Waals surface area contributed by atoms with Crippen molar-refractivity contribution in [1.82, 2.24) is 4.98 Å². The maximum absolute atomic E-state index is 15.1. The number of hydrogen-bond donors (Lipinski definition) is 2. The highest BCUT2D eigenvalue weighted by Crippen LogP contribution is 2.44. The molecule has 5 nitrogen and oxygen atoms in total. The summed E-state index contributed by atoms with van der Waals surface area (Å²) >= 11 is 1.57. The highest BCUT2D eigenvalue weighted by molar-refractivity contribution is 7.16. The van der Waals surface area contributed by atoms with Gasteiger partial charge in [0.15, 0.2) is 5.76 Å². The van der Waals surface area contributed by atoms with Gasteiger partial charge in [0, 0.05) is 21.7 Å². The second-order valence-electron chi connectivity index (χ2n) is 8.15. The van der Waals surface area contributed by atoms with Crippen LogP contribution in [-0.2, 0) is 12.8 Å². The van der Waals surface area contributed by atoms with E-state index in [0.717, 1.165) is 41.9 Å². The molecule has 4 aromatic rings. The lowest BCUT2D eigenvalue weighted by molar-refractivity contribution is 0.0997. The van der Waals surface area contributed by atoms with Crippen LogP contribution in [0, 0.1) is 12.7 Å². The van der Waals surface area contributed by atoms with Crippen LogP contribution >= 0.6 is 11.3 Å². The van der Waals surface area contributed by atoms with Crippen LogP contribution in [0.5, 0.6) is 0 Å². The van der Waals surface area contributed by atoms with Crippen molar-refractivity contribution in [2.24, 2.45) is 0 Å². The predicted octanol–water partition coefficient (Wildman–Crippen LogP) is 6.52. The normalized spacial score (nSPS) is 13.9. The van der Waals surface area contributed by atoms with Gasteiger partial charge in [-0.25, -0.2) is 9.37 Å². The van der Waals surface area contributed by atoms with E-state index in [1.807, 2.05) is 31.2 Å². The van der Waals surface area contributed by atoms with Crippen molar-refractivity contribution in [2.75, 3.05) is 10.6 Å². The fourth-order valence-corrected chi connectivity index (χ4v) is 5.67. The summed E-state index contributed by atoms with van der Waals surface area (Å²) in [5.74, 6) is 0.271. The lowest BCUT2D eigenvalue weighted by atomic mass is 9.89. The average molecular weight is 462 g/mol. The van der Waals surface area contributed by atoms with E-state index in [1.165, 1.54) is 22.8 Å². The number of nitrogens with one attached hydrogen (secondary N) is 2. The van der Waals surface area contributed by atoms with E-state index in [-0.39, 0.29) is 17.5 Å². The number of benzene rings is 1. The number of carbonyl (C=O) groups is 1. The summed E-state index contributed by atoms with van der Waals surface area (Å²) in [6.07, 6.45) is 5.50. The number of aromatic nitrogens is 1. The summed E-state index contributed by atoms with van der Waals surface area (Å²) in [6.45, 7) is 1.92. The first-order chi connectivity index (χ1) is 16.1. The minimum atomic E-state index is -0.509. The molecule has 0 bridgehead atoms. The minimum Gasteiger partial charge on any atom is -0.459 e. The van der Waals surface area contributed by atoms with Gasteiger partial charge in [-0.15, -0.1) is 11.3 Å². The zero-order valence-corrected chi connectivity index (χ0v) is 19.0. The largest absolute Gasteiger partial charge is 0.459 e. The lowest BCUT2D eigenvalue weighted by Gasteiger charge is -2.24. The zero-order chi connectivity index (χ0) is 22.8. The third kappa shape index (κ3) is 4.41. The molecule has 33 heavy (non-hydrogen) atoms. The van der Waals surface area contributed by atoms with E-state index in [4.69, 9.17) is 4.42 Å². The highest BCUT2D eigenvalue weighted by Gasteiger charge is 2.30. The fraction of sp³-hybridized carbons (Fsp3) is 0.231. The standard InChI is InChI=1S/C26H24FN3O2S/c1-16-8-6-14-22(28-16)29-24(17-9-2-4-11-19(17)27)23-18-10-3-5-13-21(18)33-26(23)30-25(31)20-12-7-15-32-20/h2,4,6-9,11-12,14-15,24H,3,5,10,13H2,1H3,(H,28,29)(H,30,31)/t24-/m0/s1. The first-order valence-electron chi connectivity index (χ1n) is 11.0. The third-order valence-corrected chi connectivity index (χ3v) is 7.09. The van der Waals surface area contributed by atoms with Gasteiger partial charge in [-0.05, 0) is 68.5 Å². The molecular weight excluding hydrogens is 437 g/mol.